The van der Waals surface area contributed by atoms with E-state index in [0.29, 0.717) is 18.2 Å². The van der Waals surface area contributed by atoms with E-state index < -0.39 is 4.92 Å². The molecular weight excluding hydrogens is 272 g/mol. The molecule has 0 aliphatic heterocycles. The van der Waals surface area contributed by atoms with Gasteiger partial charge in [0.05, 0.1) is 16.2 Å². The second-order valence-electron chi connectivity index (χ2n) is 5.28. The van der Waals surface area contributed by atoms with Crippen LogP contribution in [0.2, 0.25) is 0 Å². The second kappa shape index (κ2) is 8.21. The summed E-state index contributed by atoms with van der Waals surface area (Å²) in [7, 11) is 0. The first kappa shape index (κ1) is 16.9. The Balaban J connectivity index is 2.63. The van der Waals surface area contributed by atoms with E-state index >= 15 is 0 Å². The molecule has 0 unspecified atom stereocenters. The predicted molar refractivity (Wildman–Crippen MR) is 81.9 cm³/mol. The number of rotatable bonds is 8. The lowest BCUT2D eigenvalue weighted by atomic mass is 10.1. The van der Waals surface area contributed by atoms with Crippen molar-refractivity contribution in [2.24, 2.45) is 11.8 Å². The van der Waals surface area contributed by atoms with Crippen molar-refractivity contribution < 1.29 is 9.72 Å². The number of carbonyl (C=O) groups excluding carboxylic acids is 1. The monoisotopic (exact) mass is 294 g/mol. The fraction of sp³-hybridized carbons (Fsp3) is 0.500. The summed E-state index contributed by atoms with van der Waals surface area (Å²) < 4.78 is 0. The van der Waals surface area contributed by atoms with E-state index in [1.165, 1.54) is 18.2 Å². The molecular formula is C14H22N4O3. The minimum Gasteiger partial charge on any atom is -0.352 e. The van der Waals surface area contributed by atoms with Gasteiger partial charge in [-0.15, -0.1) is 0 Å². The van der Waals surface area contributed by atoms with Crippen molar-refractivity contribution in [1.29, 1.82) is 0 Å². The van der Waals surface area contributed by atoms with E-state index in [2.05, 4.69) is 24.6 Å². The van der Waals surface area contributed by atoms with Gasteiger partial charge < -0.3 is 10.7 Å². The number of amides is 1. The number of hydrogen-bond acceptors (Lipinski definition) is 5. The Morgan fingerprint density at radius 1 is 1.38 bits per heavy atom. The maximum atomic E-state index is 12.1. The van der Waals surface area contributed by atoms with Crippen molar-refractivity contribution >= 4 is 17.3 Å². The molecule has 0 fully saturated rings. The number of nitro groups is 1. The number of nitrogens with two attached hydrogens (primary N) is 1. The summed E-state index contributed by atoms with van der Waals surface area (Å²) in [4.78, 5) is 22.3. The first-order valence-electron chi connectivity index (χ1n) is 6.99. The zero-order valence-corrected chi connectivity index (χ0v) is 12.4. The highest BCUT2D eigenvalue weighted by Crippen LogP contribution is 2.21. The van der Waals surface area contributed by atoms with E-state index in [1.54, 1.807) is 0 Å². The molecule has 1 aromatic rings. The van der Waals surface area contributed by atoms with Gasteiger partial charge in [0.25, 0.3) is 11.6 Å². The highest BCUT2D eigenvalue weighted by Gasteiger charge is 2.15. The van der Waals surface area contributed by atoms with Crippen LogP contribution in [0.25, 0.3) is 0 Å². The van der Waals surface area contributed by atoms with Crippen molar-refractivity contribution in [2.75, 3.05) is 12.0 Å². The molecule has 1 rings (SSSR count). The summed E-state index contributed by atoms with van der Waals surface area (Å²) in [5, 5.41) is 13.5. The van der Waals surface area contributed by atoms with Crippen LogP contribution in [0, 0.1) is 16.0 Å². The number of unbranched alkanes of at least 4 members (excludes halogenated alkanes) is 1. The number of nitrogens with one attached hydrogen (secondary N) is 2. The molecule has 4 N–H and O–H groups in total. The first-order valence-corrected chi connectivity index (χ1v) is 6.99. The molecule has 0 aliphatic rings. The SMILES string of the molecule is CC(C)CCCCNC(=O)c1cc([N+](=O)[O-])ccc1NN. The Hall–Kier alpha value is -2.15. The van der Waals surface area contributed by atoms with Gasteiger partial charge in [0, 0.05) is 18.7 Å². The molecule has 116 valence electrons. The molecule has 0 heterocycles. The Morgan fingerprint density at radius 2 is 2.10 bits per heavy atom. The minimum absolute atomic E-state index is 0.140. The average molecular weight is 294 g/mol. The smallest absolute Gasteiger partial charge is 0.270 e. The molecule has 0 aromatic heterocycles. The fourth-order valence-corrected chi connectivity index (χ4v) is 1.93. The lowest BCUT2D eigenvalue weighted by molar-refractivity contribution is -0.384. The summed E-state index contributed by atoms with van der Waals surface area (Å²) in [6.07, 6.45) is 3.03. The van der Waals surface area contributed by atoms with E-state index in [4.69, 9.17) is 5.84 Å². The van der Waals surface area contributed by atoms with Gasteiger partial charge in [0.15, 0.2) is 0 Å². The molecule has 1 aromatic carbocycles. The Kier molecular flexibility index (Phi) is 6.61. The number of nitro benzene ring substituents is 1. The van der Waals surface area contributed by atoms with Gasteiger partial charge in [0.1, 0.15) is 0 Å². The zero-order valence-electron chi connectivity index (χ0n) is 12.4. The summed E-state index contributed by atoms with van der Waals surface area (Å²) in [6, 6.07) is 3.94. The van der Waals surface area contributed by atoms with Crippen molar-refractivity contribution in [3.8, 4) is 0 Å². The van der Waals surface area contributed by atoms with Gasteiger partial charge in [-0.25, -0.2) is 0 Å². The molecule has 0 aliphatic carbocycles. The van der Waals surface area contributed by atoms with Crippen LogP contribution < -0.4 is 16.6 Å². The molecule has 0 atom stereocenters. The molecule has 1 amide bonds. The van der Waals surface area contributed by atoms with Crippen molar-refractivity contribution in [3.05, 3.63) is 33.9 Å². The third-order valence-electron chi connectivity index (χ3n) is 3.11. The molecule has 7 heteroatoms. The highest BCUT2D eigenvalue weighted by atomic mass is 16.6. The molecule has 0 bridgehead atoms. The van der Waals surface area contributed by atoms with E-state index in [9.17, 15) is 14.9 Å². The van der Waals surface area contributed by atoms with Crippen LogP contribution in [-0.2, 0) is 0 Å². The van der Waals surface area contributed by atoms with Crippen molar-refractivity contribution in [3.63, 3.8) is 0 Å². The largest absolute Gasteiger partial charge is 0.352 e. The maximum Gasteiger partial charge on any atom is 0.270 e. The van der Waals surface area contributed by atoms with Gasteiger partial charge in [-0.3, -0.25) is 20.8 Å². The zero-order chi connectivity index (χ0) is 15.8. The van der Waals surface area contributed by atoms with Crippen LogP contribution in [0.15, 0.2) is 18.2 Å². The molecule has 0 saturated heterocycles. The topological polar surface area (TPSA) is 110 Å². The van der Waals surface area contributed by atoms with Crippen molar-refractivity contribution in [1.82, 2.24) is 5.32 Å². The number of benzene rings is 1. The molecule has 0 radical (unpaired) electrons. The quantitative estimate of drug-likeness (QED) is 0.295. The summed E-state index contributed by atoms with van der Waals surface area (Å²) in [6.45, 7) is 4.85. The van der Waals surface area contributed by atoms with Crippen LogP contribution in [0.3, 0.4) is 0 Å². The summed E-state index contributed by atoms with van der Waals surface area (Å²) in [5.41, 5.74) is 2.77. The van der Waals surface area contributed by atoms with Gasteiger partial charge in [-0.05, 0) is 18.4 Å². The third kappa shape index (κ3) is 5.39. The van der Waals surface area contributed by atoms with Crippen LogP contribution in [0.1, 0.15) is 43.5 Å². The molecule has 0 saturated carbocycles. The van der Waals surface area contributed by atoms with Crippen molar-refractivity contribution in [2.45, 2.75) is 33.1 Å². The number of non-ortho nitro benzene ring substituents is 1. The molecule has 0 spiro atoms. The average Bonchev–Trinajstić information content (AvgIpc) is 2.45. The predicted octanol–water partition coefficient (Wildman–Crippen LogP) is 2.44. The van der Waals surface area contributed by atoms with Crippen LogP contribution in [-0.4, -0.2) is 17.4 Å². The van der Waals surface area contributed by atoms with Gasteiger partial charge in [0.2, 0.25) is 0 Å². The van der Waals surface area contributed by atoms with Crippen LogP contribution in [0.4, 0.5) is 11.4 Å². The van der Waals surface area contributed by atoms with Gasteiger partial charge in [-0.1, -0.05) is 26.7 Å². The van der Waals surface area contributed by atoms with Gasteiger partial charge in [-0.2, -0.15) is 0 Å². The third-order valence-corrected chi connectivity index (χ3v) is 3.11. The molecule has 7 nitrogen and oxygen atoms in total. The minimum atomic E-state index is -0.542. The van der Waals surface area contributed by atoms with Crippen LogP contribution in [0.5, 0.6) is 0 Å². The number of carbonyl (C=O) groups is 1. The van der Waals surface area contributed by atoms with Crippen LogP contribution >= 0.6 is 0 Å². The van der Waals surface area contributed by atoms with Gasteiger partial charge >= 0.3 is 0 Å². The van der Waals surface area contributed by atoms with E-state index in [0.717, 1.165) is 19.3 Å². The van der Waals surface area contributed by atoms with E-state index in [-0.39, 0.29) is 17.2 Å². The number of anilines is 1. The van der Waals surface area contributed by atoms with E-state index in [1.807, 2.05) is 0 Å². The lowest BCUT2D eigenvalue weighted by Gasteiger charge is -2.10. The Morgan fingerprint density at radius 3 is 2.67 bits per heavy atom. The summed E-state index contributed by atoms with van der Waals surface area (Å²) >= 11 is 0. The second-order valence-corrected chi connectivity index (χ2v) is 5.28. The highest BCUT2D eigenvalue weighted by molar-refractivity contribution is 6.00. The number of hydrazine groups is 1. The number of hydrogen-bond donors (Lipinski definition) is 3. The number of nitrogen functional groups attached to an aromatic ring is 1. The Labute approximate surface area is 124 Å². The normalized spacial score (nSPS) is 10.5. The number of nitrogens with zero attached hydrogens (tertiary/aromatic N) is 1. The maximum absolute atomic E-state index is 12.1. The Bertz CT molecular complexity index is 503. The summed E-state index contributed by atoms with van der Waals surface area (Å²) in [5.74, 6) is 5.60. The first-order chi connectivity index (χ1) is 9.95. The lowest BCUT2D eigenvalue weighted by Crippen LogP contribution is -2.26. The fourth-order valence-electron chi connectivity index (χ4n) is 1.93. The standard InChI is InChI=1S/C14H22N4O3/c1-10(2)5-3-4-8-16-14(19)12-9-11(18(20)21)6-7-13(12)17-15/h6-7,9-10,17H,3-5,8,15H2,1-2H3,(H,16,19). The molecule has 21 heavy (non-hydrogen) atoms.